The van der Waals surface area contributed by atoms with E-state index in [-0.39, 0.29) is 10.6 Å². The number of hydrogen-bond donors (Lipinski definition) is 0. The van der Waals surface area contributed by atoms with Gasteiger partial charge in [0.05, 0.1) is 23.3 Å². The summed E-state index contributed by atoms with van der Waals surface area (Å²) in [5.74, 6) is 3.41. The van der Waals surface area contributed by atoms with Crippen LogP contribution in [0.25, 0.3) is 0 Å². The van der Waals surface area contributed by atoms with Crippen LogP contribution >= 0.6 is 0 Å². The van der Waals surface area contributed by atoms with Crippen LogP contribution in [0.5, 0.6) is 17.4 Å². The highest BCUT2D eigenvalue weighted by Crippen LogP contribution is 2.34. The average Bonchev–Trinajstić information content (AvgIpc) is 2.90. The number of aromatic nitrogens is 2. The van der Waals surface area contributed by atoms with Crippen molar-refractivity contribution >= 4 is 11.6 Å². The van der Waals surface area contributed by atoms with Crippen LogP contribution in [0.1, 0.15) is 36.6 Å². The van der Waals surface area contributed by atoms with E-state index in [0.29, 0.717) is 36.2 Å². The van der Waals surface area contributed by atoms with Gasteiger partial charge in [0.1, 0.15) is 11.5 Å². The van der Waals surface area contributed by atoms with E-state index in [9.17, 15) is 10.1 Å². The summed E-state index contributed by atoms with van der Waals surface area (Å²) in [7, 11) is 1.63. The molecule has 1 saturated heterocycles. The summed E-state index contributed by atoms with van der Waals surface area (Å²) in [6.07, 6.45) is 2.98. The molecule has 0 radical (unpaired) electrons. The molecule has 0 N–H and O–H groups in total. The van der Waals surface area contributed by atoms with Crippen molar-refractivity contribution in [2.75, 3.05) is 31.6 Å². The lowest BCUT2D eigenvalue weighted by Gasteiger charge is -2.33. The lowest BCUT2D eigenvalue weighted by Crippen LogP contribution is -2.36. The number of methoxy groups -OCH3 is 1. The molecule has 0 amide bonds. The standard InChI is InChI=1S/C27H31N5O4/c1-19-11-15-31(16-12-19)27-28-24-13-14-30(17-20-5-3-4-6-25(20)32(33)34)18-23(24)26(29-27)36-22-9-7-21(35-2)8-10-22/h3-10,19H,11-18H2,1-2H3. The van der Waals surface area contributed by atoms with E-state index in [0.717, 1.165) is 61.9 Å². The Bertz CT molecular complexity index is 1230. The topological polar surface area (TPSA) is 93.9 Å². The van der Waals surface area contributed by atoms with Gasteiger partial charge in [-0.05, 0) is 43.0 Å². The smallest absolute Gasteiger partial charge is 0.273 e. The SMILES string of the molecule is COc1ccc(Oc2nc(N3CCC(C)CC3)nc3c2CN(Cc2ccccc2[N+](=O)[O-])CC3)cc1. The zero-order valence-electron chi connectivity index (χ0n) is 20.7. The third kappa shape index (κ3) is 5.26. The number of para-hydroxylation sites is 1. The van der Waals surface area contributed by atoms with E-state index in [1.165, 1.54) is 0 Å². The normalized spacial score (nSPS) is 16.4. The third-order valence-electron chi connectivity index (χ3n) is 7.01. The average molecular weight is 490 g/mol. The van der Waals surface area contributed by atoms with Gasteiger partial charge in [0.25, 0.3) is 5.69 Å². The van der Waals surface area contributed by atoms with E-state index in [2.05, 4.69) is 16.7 Å². The molecule has 36 heavy (non-hydrogen) atoms. The Morgan fingerprint density at radius 3 is 2.47 bits per heavy atom. The minimum atomic E-state index is -0.319. The maximum absolute atomic E-state index is 11.5. The Balaban J connectivity index is 1.44. The molecule has 0 spiro atoms. The number of rotatable bonds is 7. The zero-order valence-corrected chi connectivity index (χ0v) is 20.7. The molecule has 9 nitrogen and oxygen atoms in total. The first-order valence-corrected chi connectivity index (χ1v) is 12.4. The Labute approximate surface area is 210 Å². The fraction of sp³-hybridized carbons (Fsp3) is 0.407. The zero-order chi connectivity index (χ0) is 25.1. The summed E-state index contributed by atoms with van der Waals surface area (Å²) in [4.78, 5) is 25.5. The summed E-state index contributed by atoms with van der Waals surface area (Å²) in [6, 6.07) is 14.4. The van der Waals surface area contributed by atoms with Crippen LogP contribution in [-0.4, -0.2) is 46.5 Å². The van der Waals surface area contributed by atoms with Crippen molar-refractivity contribution in [3.8, 4) is 17.4 Å². The van der Waals surface area contributed by atoms with Gasteiger partial charge in [-0.2, -0.15) is 4.98 Å². The number of benzene rings is 2. The van der Waals surface area contributed by atoms with Gasteiger partial charge in [-0.3, -0.25) is 15.0 Å². The van der Waals surface area contributed by atoms with Crippen molar-refractivity contribution in [3.63, 3.8) is 0 Å². The first-order chi connectivity index (χ1) is 17.5. The second-order valence-electron chi connectivity index (χ2n) is 9.55. The lowest BCUT2D eigenvalue weighted by molar-refractivity contribution is -0.385. The molecule has 3 aromatic rings. The molecular formula is C27H31N5O4. The van der Waals surface area contributed by atoms with Gasteiger partial charge in [0, 0.05) is 50.8 Å². The number of ether oxygens (including phenoxy) is 2. The van der Waals surface area contributed by atoms with Gasteiger partial charge in [0.15, 0.2) is 0 Å². The number of piperidine rings is 1. The number of anilines is 1. The second-order valence-corrected chi connectivity index (χ2v) is 9.55. The minimum absolute atomic E-state index is 0.143. The molecule has 0 unspecified atom stereocenters. The number of nitro groups is 1. The van der Waals surface area contributed by atoms with Gasteiger partial charge >= 0.3 is 0 Å². The number of nitrogens with zero attached hydrogens (tertiary/aromatic N) is 5. The predicted molar refractivity (Wildman–Crippen MR) is 137 cm³/mol. The van der Waals surface area contributed by atoms with Crippen molar-refractivity contribution in [2.45, 2.75) is 39.3 Å². The van der Waals surface area contributed by atoms with Gasteiger partial charge in [-0.25, -0.2) is 4.98 Å². The molecule has 0 saturated carbocycles. The largest absolute Gasteiger partial charge is 0.497 e. The molecule has 9 heteroatoms. The van der Waals surface area contributed by atoms with Crippen molar-refractivity contribution in [1.29, 1.82) is 0 Å². The molecule has 2 aromatic carbocycles. The maximum Gasteiger partial charge on any atom is 0.273 e. The maximum atomic E-state index is 11.5. The first kappa shape index (κ1) is 24.0. The summed E-state index contributed by atoms with van der Waals surface area (Å²) in [6.45, 7) is 5.95. The summed E-state index contributed by atoms with van der Waals surface area (Å²) >= 11 is 0. The van der Waals surface area contributed by atoms with Crippen LogP contribution in [0.3, 0.4) is 0 Å². The molecule has 0 aliphatic carbocycles. The summed E-state index contributed by atoms with van der Waals surface area (Å²) < 4.78 is 11.6. The molecule has 2 aliphatic rings. The molecule has 3 heterocycles. The van der Waals surface area contributed by atoms with Crippen LogP contribution in [0, 0.1) is 16.0 Å². The second kappa shape index (κ2) is 10.5. The molecule has 0 atom stereocenters. The van der Waals surface area contributed by atoms with Gasteiger partial charge < -0.3 is 14.4 Å². The Kier molecular flexibility index (Phi) is 6.99. The van der Waals surface area contributed by atoms with E-state index >= 15 is 0 Å². The summed E-state index contributed by atoms with van der Waals surface area (Å²) in [5.41, 5.74) is 2.76. The van der Waals surface area contributed by atoms with E-state index < -0.39 is 0 Å². The molecule has 188 valence electrons. The lowest BCUT2D eigenvalue weighted by atomic mass is 9.99. The molecule has 0 bridgehead atoms. The van der Waals surface area contributed by atoms with Crippen molar-refractivity contribution in [3.05, 3.63) is 75.5 Å². The number of hydrogen-bond acceptors (Lipinski definition) is 8. The minimum Gasteiger partial charge on any atom is -0.497 e. The van der Waals surface area contributed by atoms with Gasteiger partial charge in [-0.1, -0.05) is 25.1 Å². The van der Waals surface area contributed by atoms with Crippen molar-refractivity contribution < 1.29 is 14.4 Å². The van der Waals surface area contributed by atoms with E-state index in [1.807, 2.05) is 36.4 Å². The highest BCUT2D eigenvalue weighted by atomic mass is 16.6. The van der Waals surface area contributed by atoms with Crippen LogP contribution in [0.2, 0.25) is 0 Å². The fourth-order valence-corrected chi connectivity index (χ4v) is 4.82. The van der Waals surface area contributed by atoms with Crippen molar-refractivity contribution in [1.82, 2.24) is 14.9 Å². The quantitative estimate of drug-likeness (QED) is 0.339. The third-order valence-corrected chi connectivity index (χ3v) is 7.01. The van der Waals surface area contributed by atoms with Crippen LogP contribution in [-0.2, 0) is 19.5 Å². The van der Waals surface area contributed by atoms with E-state index in [1.54, 1.807) is 19.2 Å². The van der Waals surface area contributed by atoms with Crippen molar-refractivity contribution in [2.24, 2.45) is 5.92 Å². The van der Waals surface area contributed by atoms with Crippen LogP contribution in [0.4, 0.5) is 11.6 Å². The molecule has 2 aliphatic heterocycles. The first-order valence-electron chi connectivity index (χ1n) is 12.4. The molecular weight excluding hydrogens is 458 g/mol. The van der Waals surface area contributed by atoms with Crippen LogP contribution < -0.4 is 14.4 Å². The highest BCUT2D eigenvalue weighted by molar-refractivity contribution is 5.45. The van der Waals surface area contributed by atoms with Gasteiger partial charge in [-0.15, -0.1) is 0 Å². The number of nitro benzene ring substituents is 1. The Morgan fingerprint density at radius 2 is 1.75 bits per heavy atom. The predicted octanol–water partition coefficient (Wildman–Crippen LogP) is 4.98. The Hall–Kier alpha value is -3.72. The Morgan fingerprint density at radius 1 is 1.03 bits per heavy atom. The highest BCUT2D eigenvalue weighted by Gasteiger charge is 2.28. The summed E-state index contributed by atoms with van der Waals surface area (Å²) in [5, 5.41) is 11.5. The fourth-order valence-electron chi connectivity index (χ4n) is 4.82. The molecule has 1 fully saturated rings. The molecule has 1 aromatic heterocycles. The monoisotopic (exact) mass is 489 g/mol. The number of fused-ring (bicyclic) bond motifs is 1. The molecule has 5 rings (SSSR count). The van der Waals surface area contributed by atoms with E-state index in [4.69, 9.17) is 19.4 Å². The van der Waals surface area contributed by atoms with Gasteiger partial charge in [0.2, 0.25) is 11.8 Å². The van der Waals surface area contributed by atoms with Crippen LogP contribution in [0.15, 0.2) is 48.5 Å².